The lowest BCUT2D eigenvalue weighted by atomic mass is 10.2. The van der Waals surface area contributed by atoms with Crippen LogP contribution >= 0.6 is 22.9 Å². The van der Waals surface area contributed by atoms with Gasteiger partial charge in [0.2, 0.25) is 0 Å². The summed E-state index contributed by atoms with van der Waals surface area (Å²) in [4.78, 5) is 21.2. The van der Waals surface area contributed by atoms with Gasteiger partial charge in [0.1, 0.15) is 16.5 Å². The number of thiazole rings is 1. The minimum Gasteiger partial charge on any atom is -0.331 e. The molecule has 0 bridgehead atoms. The van der Waals surface area contributed by atoms with E-state index < -0.39 is 0 Å². The van der Waals surface area contributed by atoms with Gasteiger partial charge in [0.15, 0.2) is 0 Å². The van der Waals surface area contributed by atoms with Crippen LogP contribution in [-0.4, -0.2) is 20.4 Å². The number of benzene rings is 2. The van der Waals surface area contributed by atoms with E-state index >= 15 is 0 Å². The molecule has 0 spiro atoms. The van der Waals surface area contributed by atoms with Gasteiger partial charge >= 0.3 is 0 Å². The molecule has 0 fully saturated rings. The molecule has 0 saturated heterocycles. The topological polar surface area (TPSA) is 59.8 Å². The number of anilines is 1. The molecule has 0 unspecified atom stereocenters. The third-order valence-electron chi connectivity index (χ3n) is 4.32. The monoisotopic (exact) mass is 408 g/mol. The van der Waals surface area contributed by atoms with Gasteiger partial charge in [0.05, 0.1) is 0 Å². The van der Waals surface area contributed by atoms with Gasteiger partial charge in [-0.2, -0.15) is 0 Å². The molecular formula is C21H17ClN4OS. The SMILES string of the molecule is Cc1nccn1Cc1ccc(NC(=O)c2csc(-c3ccc(Cl)cc3)n2)cc1. The van der Waals surface area contributed by atoms with Crippen LogP contribution in [0.2, 0.25) is 5.02 Å². The summed E-state index contributed by atoms with van der Waals surface area (Å²) in [5.41, 5.74) is 3.20. The van der Waals surface area contributed by atoms with Crippen molar-refractivity contribution in [1.29, 1.82) is 0 Å². The number of nitrogens with one attached hydrogen (secondary N) is 1. The molecular weight excluding hydrogens is 392 g/mol. The first-order valence-corrected chi connectivity index (χ1v) is 9.94. The minimum absolute atomic E-state index is 0.227. The average molecular weight is 409 g/mol. The fourth-order valence-electron chi connectivity index (χ4n) is 2.76. The number of aromatic nitrogens is 3. The van der Waals surface area contributed by atoms with Gasteiger partial charge in [-0.25, -0.2) is 9.97 Å². The molecule has 1 amide bonds. The zero-order valence-electron chi connectivity index (χ0n) is 15.1. The van der Waals surface area contributed by atoms with Crippen LogP contribution in [0.4, 0.5) is 5.69 Å². The Morgan fingerprint density at radius 3 is 2.57 bits per heavy atom. The molecule has 0 radical (unpaired) electrons. The second-order valence-electron chi connectivity index (χ2n) is 6.30. The zero-order valence-corrected chi connectivity index (χ0v) is 16.7. The summed E-state index contributed by atoms with van der Waals surface area (Å²) in [6.45, 7) is 2.72. The number of halogens is 1. The van der Waals surface area contributed by atoms with E-state index in [9.17, 15) is 4.79 Å². The lowest BCUT2D eigenvalue weighted by Crippen LogP contribution is -2.12. The minimum atomic E-state index is -0.227. The van der Waals surface area contributed by atoms with E-state index in [1.165, 1.54) is 11.3 Å². The molecule has 2 aromatic carbocycles. The zero-order chi connectivity index (χ0) is 19.5. The summed E-state index contributed by atoms with van der Waals surface area (Å²) in [5.74, 6) is 0.743. The predicted octanol–water partition coefficient (Wildman–Crippen LogP) is 5.27. The molecule has 4 aromatic rings. The smallest absolute Gasteiger partial charge is 0.275 e. The van der Waals surface area contributed by atoms with Crippen LogP contribution in [0.5, 0.6) is 0 Å². The van der Waals surface area contributed by atoms with Gasteiger partial charge < -0.3 is 9.88 Å². The largest absolute Gasteiger partial charge is 0.331 e. The Kier molecular flexibility index (Phi) is 5.23. The van der Waals surface area contributed by atoms with Gasteiger partial charge in [-0.15, -0.1) is 11.3 Å². The van der Waals surface area contributed by atoms with E-state index in [2.05, 4.69) is 19.9 Å². The lowest BCUT2D eigenvalue weighted by Gasteiger charge is -2.07. The number of hydrogen-bond donors (Lipinski definition) is 1. The van der Waals surface area contributed by atoms with Crippen LogP contribution in [0.15, 0.2) is 66.3 Å². The highest BCUT2D eigenvalue weighted by atomic mass is 35.5. The average Bonchev–Trinajstić information content (AvgIpc) is 3.34. The van der Waals surface area contributed by atoms with Crippen molar-refractivity contribution in [2.75, 3.05) is 5.32 Å². The van der Waals surface area contributed by atoms with Crippen molar-refractivity contribution in [2.45, 2.75) is 13.5 Å². The third kappa shape index (κ3) is 4.13. The Morgan fingerprint density at radius 1 is 1.14 bits per heavy atom. The molecule has 7 heteroatoms. The van der Waals surface area contributed by atoms with Crippen LogP contribution in [0.25, 0.3) is 10.6 Å². The lowest BCUT2D eigenvalue weighted by molar-refractivity contribution is 0.102. The second-order valence-corrected chi connectivity index (χ2v) is 7.59. The molecule has 0 aliphatic rings. The molecule has 2 heterocycles. The highest BCUT2D eigenvalue weighted by molar-refractivity contribution is 7.13. The van der Waals surface area contributed by atoms with Crippen LogP contribution < -0.4 is 5.32 Å². The number of hydrogen-bond acceptors (Lipinski definition) is 4. The number of nitrogens with zero attached hydrogens (tertiary/aromatic N) is 3. The van der Waals surface area contributed by atoms with Crippen molar-refractivity contribution in [3.05, 3.63) is 88.4 Å². The third-order valence-corrected chi connectivity index (χ3v) is 5.46. The Morgan fingerprint density at radius 2 is 1.89 bits per heavy atom. The van der Waals surface area contributed by atoms with E-state index in [0.717, 1.165) is 34.2 Å². The summed E-state index contributed by atoms with van der Waals surface area (Å²) in [7, 11) is 0. The van der Waals surface area contributed by atoms with E-state index in [0.29, 0.717) is 10.7 Å². The molecule has 2 aromatic heterocycles. The molecule has 140 valence electrons. The summed E-state index contributed by atoms with van der Waals surface area (Å²) in [6, 6.07) is 15.2. The number of amides is 1. The fraction of sp³-hybridized carbons (Fsp3) is 0.0952. The maximum absolute atomic E-state index is 12.5. The molecule has 4 rings (SSSR count). The van der Waals surface area contributed by atoms with E-state index in [4.69, 9.17) is 11.6 Å². The summed E-state index contributed by atoms with van der Waals surface area (Å²) >= 11 is 7.35. The summed E-state index contributed by atoms with van der Waals surface area (Å²) in [6.07, 6.45) is 3.74. The fourth-order valence-corrected chi connectivity index (χ4v) is 3.69. The number of aryl methyl sites for hydroxylation is 1. The quantitative estimate of drug-likeness (QED) is 0.489. The van der Waals surface area contributed by atoms with Crippen molar-refractivity contribution in [3.63, 3.8) is 0 Å². The first-order chi connectivity index (χ1) is 13.6. The van der Waals surface area contributed by atoms with Crippen molar-refractivity contribution in [3.8, 4) is 10.6 Å². The maximum atomic E-state index is 12.5. The maximum Gasteiger partial charge on any atom is 0.275 e. The Bertz CT molecular complexity index is 1100. The van der Waals surface area contributed by atoms with Gasteiger partial charge in [-0.1, -0.05) is 35.9 Å². The first kappa shape index (κ1) is 18.4. The molecule has 0 saturated carbocycles. The molecule has 28 heavy (non-hydrogen) atoms. The molecule has 5 nitrogen and oxygen atoms in total. The normalized spacial score (nSPS) is 10.8. The number of imidazole rings is 1. The molecule has 1 N–H and O–H groups in total. The van der Waals surface area contributed by atoms with E-state index in [1.54, 1.807) is 11.6 Å². The van der Waals surface area contributed by atoms with Crippen molar-refractivity contribution < 1.29 is 4.79 Å². The van der Waals surface area contributed by atoms with Crippen LogP contribution in [0, 0.1) is 6.92 Å². The predicted molar refractivity (Wildman–Crippen MR) is 113 cm³/mol. The molecule has 0 atom stereocenters. The van der Waals surface area contributed by atoms with Gasteiger partial charge in [0, 0.05) is 40.6 Å². The summed E-state index contributed by atoms with van der Waals surface area (Å²) < 4.78 is 2.07. The Labute approximate surface area is 171 Å². The van der Waals surface area contributed by atoms with E-state index in [-0.39, 0.29) is 5.91 Å². The highest BCUT2D eigenvalue weighted by Crippen LogP contribution is 2.25. The number of carbonyl (C=O) groups excluding carboxylic acids is 1. The van der Waals surface area contributed by atoms with Gasteiger partial charge in [-0.3, -0.25) is 4.79 Å². The van der Waals surface area contributed by atoms with Gasteiger partial charge in [-0.05, 0) is 36.8 Å². The van der Waals surface area contributed by atoms with Gasteiger partial charge in [0.25, 0.3) is 5.91 Å². The highest BCUT2D eigenvalue weighted by Gasteiger charge is 2.12. The Hall–Kier alpha value is -2.96. The van der Waals surface area contributed by atoms with Crippen molar-refractivity contribution in [2.24, 2.45) is 0 Å². The summed E-state index contributed by atoms with van der Waals surface area (Å²) in [5, 5.41) is 6.11. The van der Waals surface area contributed by atoms with E-state index in [1.807, 2.05) is 61.7 Å². The first-order valence-electron chi connectivity index (χ1n) is 8.68. The van der Waals surface area contributed by atoms with Crippen LogP contribution in [-0.2, 0) is 6.54 Å². The van der Waals surface area contributed by atoms with Crippen LogP contribution in [0.3, 0.4) is 0 Å². The number of rotatable bonds is 5. The standard InChI is InChI=1S/C21H17ClN4OS/c1-14-23-10-11-26(14)12-15-2-8-18(9-3-15)24-20(27)19-13-28-21(25-19)16-4-6-17(22)7-5-16/h2-11,13H,12H2,1H3,(H,24,27). The van der Waals surface area contributed by atoms with Crippen molar-refractivity contribution >= 4 is 34.5 Å². The Balaban J connectivity index is 1.42. The second kappa shape index (κ2) is 7.96. The molecule has 0 aliphatic heterocycles. The van der Waals surface area contributed by atoms with Crippen LogP contribution in [0.1, 0.15) is 21.9 Å². The van der Waals surface area contributed by atoms with Crippen molar-refractivity contribution in [1.82, 2.24) is 14.5 Å². The molecule has 0 aliphatic carbocycles. The number of carbonyl (C=O) groups is 1.